The Labute approximate surface area is 92.9 Å². The summed E-state index contributed by atoms with van der Waals surface area (Å²) in [7, 11) is 0. The lowest BCUT2D eigenvalue weighted by Crippen LogP contribution is -2.13. The van der Waals surface area contributed by atoms with E-state index in [4.69, 9.17) is 0 Å². The van der Waals surface area contributed by atoms with Crippen LogP contribution in [-0.2, 0) is 12.8 Å². The third-order valence-electron chi connectivity index (χ3n) is 3.15. The van der Waals surface area contributed by atoms with Crippen molar-refractivity contribution in [3.05, 3.63) is 29.3 Å². The van der Waals surface area contributed by atoms with E-state index in [0.29, 0.717) is 0 Å². The second-order valence-electron chi connectivity index (χ2n) is 4.91. The van der Waals surface area contributed by atoms with Crippen molar-refractivity contribution in [1.82, 2.24) is 0 Å². The first-order chi connectivity index (χ1) is 7.27. The first-order valence-electron chi connectivity index (χ1n) is 6.12. The Morgan fingerprint density at radius 2 is 2.20 bits per heavy atom. The largest absolute Gasteiger partial charge is 0.385 e. The monoisotopic (exact) mass is 203 g/mol. The van der Waals surface area contributed by atoms with E-state index in [2.05, 4.69) is 37.4 Å². The summed E-state index contributed by atoms with van der Waals surface area (Å²) in [5, 5.41) is 3.55. The smallest absolute Gasteiger partial charge is 0.0405 e. The zero-order chi connectivity index (χ0) is 10.7. The zero-order valence-electron chi connectivity index (χ0n) is 9.84. The molecule has 1 N–H and O–H groups in total. The highest BCUT2D eigenvalue weighted by molar-refractivity contribution is 5.59. The lowest BCUT2D eigenvalue weighted by molar-refractivity contribution is 0.586. The van der Waals surface area contributed by atoms with Crippen molar-refractivity contribution in [2.75, 3.05) is 11.9 Å². The fourth-order valence-corrected chi connectivity index (χ4v) is 2.23. The van der Waals surface area contributed by atoms with Crippen LogP contribution >= 0.6 is 0 Å². The van der Waals surface area contributed by atoms with E-state index in [0.717, 1.165) is 12.5 Å². The molecule has 0 saturated carbocycles. The van der Waals surface area contributed by atoms with Crippen molar-refractivity contribution in [3.8, 4) is 0 Å². The van der Waals surface area contributed by atoms with Gasteiger partial charge in [0.05, 0.1) is 0 Å². The fraction of sp³-hybridized carbons (Fsp3) is 0.571. The molecule has 0 radical (unpaired) electrons. The molecule has 0 spiro atoms. The first-order valence-corrected chi connectivity index (χ1v) is 6.12. The van der Waals surface area contributed by atoms with Gasteiger partial charge in [-0.2, -0.15) is 0 Å². The van der Waals surface area contributed by atoms with E-state index < -0.39 is 0 Å². The van der Waals surface area contributed by atoms with Crippen LogP contribution in [0.3, 0.4) is 0 Å². The predicted molar refractivity (Wildman–Crippen MR) is 66.4 cm³/mol. The lowest BCUT2D eigenvalue weighted by atomic mass is 9.95. The van der Waals surface area contributed by atoms with Crippen LogP contribution in [0.25, 0.3) is 0 Å². The normalized spacial score (nSPS) is 14.9. The van der Waals surface area contributed by atoms with Crippen LogP contribution in [0.1, 0.15) is 37.8 Å². The molecule has 1 heterocycles. The summed E-state index contributed by atoms with van der Waals surface area (Å²) in [4.78, 5) is 0. The van der Waals surface area contributed by atoms with Gasteiger partial charge in [0.1, 0.15) is 0 Å². The van der Waals surface area contributed by atoms with E-state index >= 15 is 0 Å². The van der Waals surface area contributed by atoms with Crippen molar-refractivity contribution in [3.63, 3.8) is 0 Å². The number of hydrogen-bond donors (Lipinski definition) is 1. The van der Waals surface area contributed by atoms with Gasteiger partial charge in [0.15, 0.2) is 0 Å². The second-order valence-corrected chi connectivity index (χ2v) is 4.91. The average molecular weight is 203 g/mol. The van der Waals surface area contributed by atoms with E-state index in [1.165, 1.54) is 42.5 Å². The highest BCUT2D eigenvalue weighted by Gasteiger charge is 2.11. The quantitative estimate of drug-likeness (QED) is 0.791. The molecule has 0 aliphatic carbocycles. The number of para-hydroxylation sites is 1. The SMILES string of the molecule is CC(C)CCc1cccc2c1NCCC2. The number of aryl methyl sites for hydroxylation is 2. The molecule has 0 aromatic heterocycles. The summed E-state index contributed by atoms with van der Waals surface area (Å²) in [5.74, 6) is 0.796. The maximum atomic E-state index is 3.55. The molecule has 1 heteroatoms. The van der Waals surface area contributed by atoms with Crippen molar-refractivity contribution < 1.29 is 0 Å². The van der Waals surface area contributed by atoms with Crippen LogP contribution in [-0.4, -0.2) is 6.54 Å². The van der Waals surface area contributed by atoms with E-state index in [1.54, 1.807) is 0 Å². The van der Waals surface area contributed by atoms with Gasteiger partial charge >= 0.3 is 0 Å². The van der Waals surface area contributed by atoms with Gasteiger partial charge in [-0.25, -0.2) is 0 Å². The number of fused-ring (bicyclic) bond motifs is 1. The highest BCUT2D eigenvalue weighted by atomic mass is 14.9. The number of hydrogen-bond acceptors (Lipinski definition) is 1. The summed E-state index contributed by atoms with van der Waals surface area (Å²) < 4.78 is 0. The summed E-state index contributed by atoms with van der Waals surface area (Å²) in [6, 6.07) is 6.75. The second kappa shape index (κ2) is 4.69. The Bertz CT molecular complexity index is 328. The number of benzene rings is 1. The molecule has 1 aromatic rings. The van der Waals surface area contributed by atoms with E-state index in [9.17, 15) is 0 Å². The van der Waals surface area contributed by atoms with Gasteiger partial charge in [-0.3, -0.25) is 0 Å². The Hall–Kier alpha value is -0.980. The van der Waals surface area contributed by atoms with Crippen LogP contribution in [0.4, 0.5) is 5.69 Å². The van der Waals surface area contributed by atoms with Crippen molar-refractivity contribution in [2.24, 2.45) is 5.92 Å². The van der Waals surface area contributed by atoms with Gasteiger partial charge in [0.25, 0.3) is 0 Å². The first kappa shape index (κ1) is 10.5. The van der Waals surface area contributed by atoms with Crippen LogP contribution in [0, 0.1) is 5.92 Å². The van der Waals surface area contributed by atoms with Crippen LogP contribution in [0.5, 0.6) is 0 Å². The molecule has 2 rings (SSSR count). The minimum Gasteiger partial charge on any atom is -0.385 e. The van der Waals surface area contributed by atoms with Crippen LogP contribution in [0.2, 0.25) is 0 Å². The van der Waals surface area contributed by atoms with Crippen LogP contribution in [0.15, 0.2) is 18.2 Å². The van der Waals surface area contributed by atoms with Crippen molar-refractivity contribution in [1.29, 1.82) is 0 Å². The third-order valence-corrected chi connectivity index (χ3v) is 3.15. The third kappa shape index (κ3) is 2.53. The van der Waals surface area contributed by atoms with Gasteiger partial charge in [-0.1, -0.05) is 32.0 Å². The lowest BCUT2D eigenvalue weighted by Gasteiger charge is -2.21. The molecule has 1 aromatic carbocycles. The summed E-state index contributed by atoms with van der Waals surface area (Å²) in [6.45, 7) is 5.73. The Morgan fingerprint density at radius 1 is 1.33 bits per heavy atom. The number of anilines is 1. The molecule has 1 aliphatic heterocycles. The van der Waals surface area contributed by atoms with Crippen molar-refractivity contribution in [2.45, 2.75) is 39.5 Å². The minimum absolute atomic E-state index is 0.796. The average Bonchev–Trinajstić information content (AvgIpc) is 2.26. The zero-order valence-corrected chi connectivity index (χ0v) is 9.84. The van der Waals surface area contributed by atoms with Gasteiger partial charge in [-0.05, 0) is 42.7 Å². The molecule has 1 nitrogen and oxygen atoms in total. The number of nitrogens with one attached hydrogen (secondary N) is 1. The highest BCUT2D eigenvalue weighted by Crippen LogP contribution is 2.27. The molecule has 0 atom stereocenters. The molecule has 15 heavy (non-hydrogen) atoms. The molecule has 1 aliphatic rings. The fourth-order valence-electron chi connectivity index (χ4n) is 2.23. The molecule has 0 fully saturated rings. The molecule has 0 unspecified atom stereocenters. The van der Waals surface area contributed by atoms with Gasteiger partial charge in [-0.15, -0.1) is 0 Å². The van der Waals surface area contributed by atoms with E-state index in [1.807, 2.05) is 0 Å². The Balaban J connectivity index is 2.16. The summed E-state index contributed by atoms with van der Waals surface area (Å²) >= 11 is 0. The number of rotatable bonds is 3. The molecule has 0 saturated heterocycles. The predicted octanol–water partition coefficient (Wildman–Crippen LogP) is 3.63. The van der Waals surface area contributed by atoms with Crippen LogP contribution < -0.4 is 5.32 Å². The molecule has 0 bridgehead atoms. The molecular weight excluding hydrogens is 182 g/mol. The summed E-state index contributed by atoms with van der Waals surface area (Å²) in [5.41, 5.74) is 4.47. The Kier molecular flexibility index (Phi) is 3.30. The summed E-state index contributed by atoms with van der Waals surface area (Å²) in [6.07, 6.45) is 5.03. The molecular formula is C14H21N. The van der Waals surface area contributed by atoms with Gasteiger partial charge < -0.3 is 5.32 Å². The van der Waals surface area contributed by atoms with Gasteiger partial charge in [0.2, 0.25) is 0 Å². The minimum atomic E-state index is 0.796. The van der Waals surface area contributed by atoms with Gasteiger partial charge in [0, 0.05) is 12.2 Å². The van der Waals surface area contributed by atoms with Crippen molar-refractivity contribution >= 4 is 5.69 Å². The standard InChI is InChI=1S/C14H21N/c1-11(2)8-9-13-6-3-5-12-7-4-10-15-14(12)13/h3,5-6,11,15H,4,7-10H2,1-2H3. The molecule has 0 amide bonds. The maximum Gasteiger partial charge on any atom is 0.0405 e. The topological polar surface area (TPSA) is 12.0 Å². The molecule has 82 valence electrons. The van der Waals surface area contributed by atoms with E-state index in [-0.39, 0.29) is 0 Å². The maximum absolute atomic E-state index is 3.55. The Morgan fingerprint density at radius 3 is 3.00 bits per heavy atom.